The Labute approximate surface area is 480 Å². The number of anilines is 1. The summed E-state index contributed by atoms with van der Waals surface area (Å²) in [5.74, 6) is -1.35. The highest BCUT2D eigenvalue weighted by Crippen LogP contribution is 2.58. The first-order valence-corrected chi connectivity index (χ1v) is 29.1. The molecule has 14 heteroatoms. The number of ether oxygens (including phenoxy) is 1. The van der Waals surface area contributed by atoms with Crippen LogP contribution in [0.4, 0.5) is 5.13 Å². The Balaban J connectivity index is 0.00000688. The van der Waals surface area contributed by atoms with Gasteiger partial charge in [-0.3, -0.25) is 14.5 Å². The maximum Gasteiger partial charge on any atom is 0.356 e. The van der Waals surface area contributed by atoms with Gasteiger partial charge in [-0.1, -0.05) is 211 Å². The number of β-lactam (4-membered cyclic amide) rings is 1. The van der Waals surface area contributed by atoms with Crippen LogP contribution in [0.15, 0.2) is 264 Å². The van der Waals surface area contributed by atoms with Gasteiger partial charge in [0.2, 0.25) is 0 Å². The van der Waals surface area contributed by atoms with E-state index in [1.54, 1.807) is 5.38 Å². The van der Waals surface area contributed by atoms with Gasteiger partial charge < -0.3 is 44.2 Å². The first kappa shape index (κ1) is 53.7. The van der Waals surface area contributed by atoms with Crippen LogP contribution in [0.1, 0.15) is 39.6 Å². The predicted octanol–water partition coefficient (Wildman–Crippen LogP) is 7.88. The van der Waals surface area contributed by atoms with Gasteiger partial charge in [0.25, 0.3) is 11.8 Å². The molecule has 11 rings (SSSR count). The largest absolute Gasteiger partial charge is 1.00 e. The minimum absolute atomic E-state index is 0. The summed E-state index contributed by atoms with van der Waals surface area (Å²) in [6.07, 6.45) is -0.332. The van der Waals surface area contributed by atoms with Gasteiger partial charge >= 0.3 is 5.97 Å². The number of carbonyl (C=O) groups excluding carboxylic acids is 3. The third-order valence-corrected chi connectivity index (χ3v) is 20.5. The molecule has 1 aromatic heterocycles. The molecule has 2 amide bonds. The van der Waals surface area contributed by atoms with E-state index < -0.39 is 48.1 Å². The molecule has 388 valence electrons. The lowest BCUT2D eigenvalue weighted by Crippen LogP contribution is -3.00. The SMILES string of the molecule is CO/N=C(/C(=O)NC1C(=O)N2C(C(=O)OC(c3ccccc3)c3ccccc3)=C(C[P+](c3ccccc3)(c3ccccc3)c3ccccc3)CS[C@H]12)c1csc(NC(c2ccccc2)(c2ccccc2)c2ccccc2)n1.[I-]. The molecule has 2 N–H and O–H groups in total. The van der Waals surface area contributed by atoms with Gasteiger partial charge in [0, 0.05) is 16.7 Å². The summed E-state index contributed by atoms with van der Waals surface area (Å²) in [5, 5.41) is 16.0. The van der Waals surface area contributed by atoms with Crippen LogP contribution in [-0.4, -0.2) is 63.8 Å². The average Bonchev–Trinajstić information content (AvgIpc) is 4.04. The maximum absolute atomic E-state index is 15.5. The fraction of sp³-hybridized carbons (Fsp3) is 0.109. The van der Waals surface area contributed by atoms with Crippen molar-refractivity contribution in [3.8, 4) is 0 Å². The Morgan fingerprint density at radius 2 is 1.08 bits per heavy atom. The van der Waals surface area contributed by atoms with Crippen molar-refractivity contribution in [2.45, 2.75) is 23.1 Å². The number of thiazole rings is 1. The number of oxime groups is 1. The number of carbonyl (C=O) groups is 3. The number of nitrogens with one attached hydrogen (secondary N) is 2. The van der Waals surface area contributed by atoms with Crippen molar-refractivity contribution in [2.75, 3.05) is 24.3 Å². The Morgan fingerprint density at radius 3 is 1.51 bits per heavy atom. The molecule has 0 saturated carbocycles. The highest BCUT2D eigenvalue weighted by atomic mass is 127. The van der Waals surface area contributed by atoms with E-state index in [1.807, 2.05) is 133 Å². The van der Waals surface area contributed by atoms with Gasteiger partial charge in [0.15, 0.2) is 16.9 Å². The second-order valence-corrected chi connectivity index (χ2v) is 24.0. The molecule has 2 aliphatic rings. The molecule has 0 aliphatic carbocycles. The molecule has 1 unspecified atom stereocenters. The van der Waals surface area contributed by atoms with Crippen molar-refractivity contribution in [1.82, 2.24) is 15.2 Å². The quantitative estimate of drug-likeness (QED) is 0.0170. The van der Waals surface area contributed by atoms with Crippen molar-refractivity contribution in [1.29, 1.82) is 0 Å². The second kappa shape index (κ2) is 24.3. The normalized spacial score (nSPS) is 15.3. The fourth-order valence-electron chi connectivity index (χ4n) is 10.5. The number of hydrogen-bond donors (Lipinski definition) is 2. The van der Waals surface area contributed by atoms with E-state index in [0.29, 0.717) is 17.0 Å². The lowest BCUT2D eigenvalue weighted by molar-refractivity contribution is -0.154. The standard InChI is InChI=1S/C64H52N5O5PS2.HI/c1-73-68-55(54-44-77-63(65-54)67-64(48-30-14-4-15-31-48,49-32-16-5-17-33-49)50-34-18-6-19-35-50)59(70)66-56-60(71)69-57(62(72)74-58(45-26-10-2-11-27-45)46-28-12-3-13-29-46)47(43-76-61(56)69)42-75(51-36-20-7-21-37-51,52-38-22-8-23-39-52)53-40-24-9-25-41-53;/h2-41,44,56,58,61H,42-43H2,1H3,(H-,65,66,67,70);1H/b68-55+;/t56?,61-;/m1./s1. The van der Waals surface area contributed by atoms with E-state index in [0.717, 1.165) is 49.3 Å². The summed E-state index contributed by atoms with van der Waals surface area (Å²) in [5.41, 5.74) is 4.76. The summed E-state index contributed by atoms with van der Waals surface area (Å²) in [6, 6.07) is 80.1. The third-order valence-electron chi connectivity index (χ3n) is 14.0. The summed E-state index contributed by atoms with van der Waals surface area (Å²) >= 11 is 2.83. The van der Waals surface area contributed by atoms with Crippen molar-refractivity contribution in [3.63, 3.8) is 0 Å². The number of hydrogen-bond acceptors (Lipinski definition) is 10. The zero-order valence-corrected chi connectivity index (χ0v) is 47.0. The van der Waals surface area contributed by atoms with Crippen LogP contribution in [0.2, 0.25) is 0 Å². The van der Waals surface area contributed by atoms with Crippen molar-refractivity contribution in [2.24, 2.45) is 5.16 Å². The molecule has 3 heterocycles. The molecule has 0 radical (unpaired) electrons. The van der Waals surface area contributed by atoms with Crippen LogP contribution in [0.25, 0.3) is 0 Å². The van der Waals surface area contributed by atoms with Gasteiger partial charge in [-0.05, 0) is 64.2 Å². The first-order chi connectivity index (χ1) is 37.9. The van der Waals surface area contributed by atoms with Crippen LogP contribution >= 0.6 is 30.4 Å². The number of esters is 1. The van der Waals surface area contributed by atoms with Crippen LogP contribution in [-0.2, 0) is 29.5 Å². The Hall–Kier alpha value is -7.68. The molecule has 1 fully saturated rings. The number of benzene rings is 8. The smallest absolute Gasteiger partial charge is 0.356 e. The van der Waals surface area contributed by atoms with E-state index in [-0.39, 0.29) is 41.1 Å². The number of aromatic nitrogens is 1. The summed E-state index contributed by atoms with van der Waals surface area (Å²) in [4.78, 5) is 57.0. The van der Waals surface area contributed by atoms with E-state index in [1.165, 1.54) is 35.1 Å². The molecule has 0 bridgehead atoms. The number of thioether (sulfide) groups is 1. The number of nitrogens with zero attached hydrogens (tertiary/aromatic N) is 3. The zero-order valence-electron chi connectivity index (χ0n) is 42.3. The Kier molecular flexibility index (Phi) is 16.8. The van der Waals surface area contributed by atoms with Crippen molar-refractivity contribution >= 4 is 74.9 Å². The van der Waals surface area contributed by atoms with Crippen LogP contribution in [0.5, 0.6) is 0 Å². The minimum atomic E-state index is -2.58. The lowest BCUT2D eigenvalue weighted by Gasteiger charge is -2.50. The summed E-state index contributed by atoms with van der Waals surface area (Å²) in [7, 11) is -1.21. The fourth-order valence-corrected chi connectivity index (χ4v) is 17.0. The third kappa shape index (κ3) is 10.5. The first-order valence-electron chi connectivity index (χ1n) is 25.2. The topological polar surface area (TPSA) is 122 Å². The second-order valence-electron chi connectivity index (χ2n) is 18.5. The maximum atomic E-state index is 15.5. The molecule has 78 heavy (non-hydrogen) atoms. The minimum Gasteiger partial charge on any atom is -1.00 e. The van der Waals surface area contributed by atoms with Gasteiger partial charge in [-0.15, -0.1) is 23.1 Å². The molecule has 0 spiro atoms. The van der Waals surface area contributed by atoms with Gasteiger partial charge in [0.05, 0.1) is 6.16 Å². The zero-order chi connectivity index (χ0) is 52.6. The van der Waals surface area contributed by atoms with Crippen LogP contribution < -0.4 is 50.5 Å². The molecule has 9 aromatic rings. The molecule has 1 saturated heterocycles. The molecule has 8 aromatic carbocycles. The van der Waals surface area contributed by atoms with Crippen LogP contribution in [0.3, 0.4) is 0 Å². The monoisotopic (exact) mass is 1190 g/mol. The number of fused-ring (bicyclic) bond motifs is 1. The molecule has 2 aliphatic heterocycles. The predicted molar refractivity (Wildman–Crippen MR) is 311 cm³/mol. The van der Waals surface area contributed by atoms with Crippen molar-refractivity contribution < 1.29 is 47.9 Å². The van der Waals surface area contributed by atoms with E-state index in [2.05, 4.69) is 125 Å². The Morgan fingerprint density at radius 1 is 0.654 bits per heavy atom. The van der Waals surface area contributed by atoms with Gasteiger partial charge in [-0.2, -0.15) is 0 Å². The summed E-state index contributed by atoms with van der Waals surface area (Å²) < 4.78 is 6.67. The summed E-state index contributed by atoms with van der Waals surface area (Å²) in [6.45, 7) is 0. The lowest BCUT2D eigenvalue weighted by atomic mass is 9.77. The van der Waals surface area contributed by atoms with Crippen molar-refractivity contribution in [3.05, 3.63) is 293 Å². The van der Waals surface area contributed by atoms with Crippen LogP contribution in [0, 0.1) is 0 Å². The van der Waals surface area contributed by atoms with Gasteiger partial charge in [-0.25, -0.2) is 9.78 Å². The highest BCUT2D eigenvalue weighted by molar-refractivity contribution is 8.00. The van der Waals surface area contributed by atoms with E-state index >= 15 is 9.59 Å². The van der Waals surface area contributed by atoms with E-state index in [4.69, 9.17) is 14.6 Å². The molecular weight excluding hydrogens is 1140 g/mol. The Bertz CT molecular complexity index is 3320. The number of halogens is 1. The van der Waals surface area contributed by atoms with E-state index in [9.17, 15) is 4.79 Å². The number of amides is 2. The molecule has 10 nitrogen and oxygen atoms in total. The highest BCUT2D eigenvalue weighted by Gasteiger charge is 2.57. The van der Waals surface area contributed by atoms with Gasteiger partial charge in [0.1, 0.15) is 58.6 Å². The number of rotatable bonds is 18. The molecule has 2 atom stereocenters. The average molecular weight is 1190 g/mol. The molecular formula is C64H53IN5O5PS2.